The van der Waals surface area contributed by atoms with Crippen LogP contribution in [0.4, 0.5) is 8.78 Å². The summed E-state index contributed by atoms with van der Waals surface area (Å²) in [7, 11) is -3.64. The van der Waals surface area contributed by atoms with Crippen molar-refractivity contribution >= 4 is 15.8 Å². The molecule has 0 unspecified atom stereocenters. The summed E-state index contributed by atoms with van der Waals surface area (Å²) in [5, 5.41) is 10.1. The Morgan fingerprint density at radius 3 is 2.16 bits per heavy atom. The van der Waals surface area contributed by atoms with E-state index >= 15 is 0 Å². The zero-order chi connectivity index (χ0) is 23.1. The molecule has 0 heterocycles. The number of rotatable bonds is 7. The summed E-state index contributed by atoms with van der Waals surface area (Å²) in [5.41, 5.74) is -1.27. The van der Waals surface area contributed by atoms with Gasteiger partial charge in [-0.05, 0) is 85.9 Å². The van der Waals surface area contributed by atoms with Crippen LogP contribution in [0.1, 0.15) is 49.7 Å². The van der Waals surface area contributed by atoms with E-state index < -0.39 is 38.5 Å². The summed E-state index contributed by atoms with van der Waals surface area (Å²) in [6, 6.07) is 9.18. The largest absolute Gasteiger partial charge is 0.481 e. The molecular weight excluding hydrogens is 438 g/mol. The highest BCUT2D eigenvalue weighted by Gasteiger charge is 2.50. The first kappa shape index (κ1) is 22.9. The zero-order valence-corrected chi connectivity index (χ0v) is 18.6. The highest BCUT2D eigenvalue weighted by atomic mass is 32.2. The summed E-state index contributed by atoms with van der Waals surface area (Å²) in [4.78, 5) is 12.2. The number of hydrogen-bond acceptors (Lipinski definition) is 4. The number of halogens is 2. The fourth-order valence-electron chi connectivity index (χ4n) is 4.59. The molecule has 2 aliphatic carbocycles. The molecule has 2 aromatic carbocycles. The van der Waals surface area contributed by atoms with E-state index in [0.717, 1.165) is 25.2 Å². The minimum atomic E-state index is -3.64. The molecule has 1 N–H and O–H groups in total. The van der Waals surface area contributed by atoms with Gasteiger partial charge in [0.15, 0.2) is 9.84 Å². The minimum Gasteiger partial charge on any atom is -0.481 e. The molecule has 0 saturated heterocycles. The lowest BCUT2D eigenvalue weighted by molar-refractivity contribution is -0.151. The summed E-state index contributed by atoms with van der Waals surface area (Å²) in [6.45, 7) is 0.460. The standard InChI is InChI=1S/C24H26F2O5S/c1-32(29,30)21-13-18(12-20(26)14-21)24(31-15-16-2-3-16)10-8-23(9-11-24,22(27)28)17-4-6-19(25)7-5-17/h4-7,12-14,16H,2-3,8-11,15H2,1H3,(H,27,28)/t23-,24-. The second-order valence-electron chi connectivity index (χ2n) is 9.09. The van der Waals surface area contributed by atoms with Crippen molar-refractivity contribution in [2.75, 3.05) is 12.9 Å². The van der Waals surface area contributed by atoms with E-state index in [2.05, 4.69) is 0 Å². The number of carboxylic acids is 1. The van der Waals surface area contributed by atoms with E-state index in [0.29, 0.717) is 23.7 Å². The van der Waals surface area contributed by atoms with Gasteiger partial charge in [0.2, 0.25) is 0 Å². The third-order valence-electron chi connectivity index (χ3n) is 6.84. The van der Waals surface area contributed by atoms with E-state index in [9.17, 15) is 27.1 Å². The average molecular weight is 465 g/mol. The van der Waals surface area contributed by atoms with Crippen LogP contribution >= 0.6 is 0 Å². The third kappa shape index (κ3) is 4.43. The van der Waals surface area contributed by atoms with Gasteiger partial charge in [0.1, 0.15) is 11.6 Å². The summed E-state index contributed by atoms with van der Waals surface area (Å²) in [5.74, 6) is -1.71. The fourth-order valence-corrected chi connectivity index (χ4v) is 5.26. The van der Waals surface area contributed by atoms with Gasteiger partial charge in [0.05, 0.1) is 22.5 Å². The average Bonchev–Trinajstić information content (AvgIpc) is 3.57. The van der Waals surface area contributed by atoms with Gasteiger partial charge in [-0.2, -0.15) is 0 Å². The van der Waals surface area contributed by atoms with Gasteiger partial charge in [-0.25, -0.2) is 17.2 Å². The molecule has 172 valence electrons. The van der Waals surface area contributed by atoms with Gasteiger partial charge in [-0.15, -0.1) is 0 Å². The van der Waals surface area contributed by atoms with Gasteiger partial charge in [0.25, 0.3) is 0 Å². The van der Waals surface area contributed by atoms with E-state index in [1.54, 1.807) is 0 Å². The molecule has 0 bridgehead atoms. The van der Waals surface area contributed by atoms with Gasteiger partial charge in [0, 0.05) is 6.26 Å². The van der Waals surface area contributed by atoms with Crippen molar-refractivity contribution in [1.29, 1.82) is 0 Å². The van der Waals surface area contributed by atoms with Crippen LogP contribution in [0.5, 0.6) is 0 Å². The normalized spacial score (nSPS) is 26.1. The minimum absolute atomic E-state index is 0.129. The third-order valence-corrected chi connectivity index (χ3v) is 7.93. The SMILES string of the molecule is CS(=O)(=O)c1cc(F)cc([C@]2(OCC3CC3)CC[C@@](C(=O)O)(c3ccc(F)cc3)CC2)c1. The Balaban J connectivity index is 1.72. The topological polar surface area (TPSA) is 80.7 Å². The number of ether oxygens (including phenoxy) is 1. The van der Waals surface area contributed by atoms with Gasteiger partial charge < -0.3 is 9.84 Å². The lowest BCUT2D eigenvalue weighted by atomic mass is 9.63. The molecule has 5 nitrogen and oxygen atoms in total. The van der Waals surface area contributed by atoms with Crippen molar-refractivity contribution < 1.29 is 31.8 Å². The van der Waals surface area contributed by atoms with Crippen LogP contribution in [0.2, 0.25) is 0 Å². The van der Waals surface area contributed by atoms with Crippen molar-refractivity contribution in [3.05, 3.63) is 65.2 Å². The van der Waals surface area contributed by atoms with E-state index in [-0.39, 0.29) is 30.6 Å². The first-order valence-corrected chi connectivity index (χ1v) is 12.6. The van der Waals surface area contributed by atoms with E-state index in [4.69, 9.17) is 4.74 Å². The van der Waals surface area contributed by atoms with Gasteiger partial charge in [-0.3, -0.25) is 4.79 Å². The highest BCUT2D eigenvalue weighted by molar-refractivity contribution is 7.90. The van der Waals surface area contributed by atoms with Crippen molar-refractivity contribution in [3.63, 3.8) is 0 Å². The maximum Gasteiger partial charge on any atom is 0.314 e. The van der Waals surface area contributed by atoms with Crippen molar-refractivity contribution in [2.24, 2.45) is 5.92 Å². The molecule has 8 heteroatoms. The monoisotopic (exact) mass is 464 g/mol. The van der Waals surface area contributed by atoms with Crippen LogP contribution in [0.25, 0.3) is 0 Å². The van der Waals surface area contributed by atoms with Crippen LogP contribution < -0.4 is 0 Å². The Kier molecular flexibility index (Phi) is 5.88. The molecule has 0 atom stereocenters. The quantitative estimate of drug-likeness (QED) is 0.649. The molecule has 0 aliphatic heterocycles. The molecule has 2 aromatic rings. The van der Waals surface area contributed by atoms with Crippen LogP contribution in [0.3, 0.4) is 0 Å². The van der Waals surface area contributed by atoms with Crippen molar-refractivity contribution in [2.45, 2.75) is 54.4 Å². The Morgan fingerprint density at radius 1 is 1.00 bits per heavy atom. The summed E-state index contributed by atoms with van der Waals surface area (Å²) >= 11 is 0. The molecule has 32 heavy (non-hydrogen) atoms. The van der Waals surface area contributed by atoms with Crippen LogP contribution in [0, 0.1) is 17.6 Å². The number of hydrogen-bond donors (Lipinski definition) is 1. The molecule has 2 saturated carbocycles. The van der Waals surface area contributed by atoms with Crippen LogP contribution in [-0.4, -0.2) is 32.4 Å². The van der Waals surface area contributed by atoms with E-state index in [1.807, 2.05) is 0 Å². The molecule has 2 aliphatic rings. The van der Waals surface area contributed by atoms with Crippen molar-refractivity contribution in [1.82, 2.24) is 0 Å². The number of carboxylic acid groups (broad SMARTS) is 1. The lowest BCUT2D eigenvalue weighted by Gasteiger charge is -2.45. The van der Waals surface area contributed by atoms with Crippen LogP contribution in [-0.2, 0) is 30.4 Å². The fraction of sp³-hybridized carbons (Fsp3) is 0.458. The maximum atomic E-state index is 14.4. The number of aliphatic carboxylic acids is 1. The smallest absolute Gasteiger partial charge is 0.314 e. The second kappa shape index (κ2) is 8.23. The van der Waals surface area contributed by atoms with Gasteiger partial charge >= 0.3 is 5.97 Å². The molecule has 2 fully saturated rings. The molecule has 0 amide bonds. The first-order chi connectivity index (χ1) is 15.0. The maximum absolute atomic E-state index is 14.4. The molecule has 0 aromatic heterocycles. The predicted octanol–water partition coefficient (Wildman–Crippen LogP) is 4.59. The summed E-state index contributed by atoms with van der Waals surface area (Å²) < 4.78 is 58.3. The van der Waals surface area contributed by atoms with Crippen molar-refractivity contribution in [3.8, 4) is 0 Å². The predicted molar refractivity (Wildman–Crippen MR) is 114 cm³/mol. The number of sulfone groups is 1. The highest BCUT2D eigenvalue weighted by Crippen LogP contribution is 2.50. The number of carbonyl (C=O) groups is 1. The Hall–Kier alpha value is -2.32. The molecule has 0 spiro atoms. The van der Waals surface area contributed by atoms with Crippen LogP contribution in [0.15, 0.2) is 47.4 Å². The first-order valence-electron chi connectivity index (χ1n) is 10.7. The zero-order valence-electron chi connectivity index (χ0n) is 17.8. The Bertz CT molecular complexity index is 1120. The second-order valence-corrected chi connectivity index (χ2v) is 11.1. The Morgan fingerprint density at radius 2 is 1.62 bits per heavy atom. The molecular formula is C24H26F2O5S. The molecule has 0 radical (unpaired) electrons. The van der Waals surface area contributed by atoms with Gasteiger partial charge in [-0.1, -0.05) is 12.1 Å². The summed E-state index contributed by atoms with van der Waals surface area (Å²) in [6.07, 6.45) is 4.05. The van der Waals surface area contributed by atoms with E-state index in [1.165, 1.54) is 36.4 Å². The molecule has 4 rings (SSSR count). The lowest BCUT2D eigenvalue weighted by Crippen LogP contribution is -2.46. The number of benzene rings is 2. The Labute approximate surface area is 186 Å².